The average Bonchev–Trinajstić information content (AvgIpc) is 3.45. The predicted molar refractivity (Wildman–Crippen MR) is 173 cm³/mol. The van der Waals surface area contributed by atoms with E-state index >= 15 is 0 Å². The Kier molecular flexibility index (Phi) is 7.73. The Bertz CT molecular complexity index is 2030. The maximum Gasteiger partial charge on any atom is 0.236 e. The molecule has 222 valence electrons. The number of benzene rings is 2. The number of rotatable bonds is 7. The third kappa shape index (κ3) is 5.89. The summed E-state index contributed by atoms with van der Waals surface area (Å²) in [4.78, 5) is 28.8. The maximum atomic E-state index is 9.04. The molecule has 1 aliphatic heterocycles. The first-order valence-electron chi connectivity index (χ1n) is 14.6. The molecular weight excluding hydrogens is 586 g/mol. The Morgan fingerprint density at radius 2 is 1.69 bits per heavy atom. The lowest BCUT2D eigenvalue weighted by Gasteiger charge is -2.32. The fourth-order valence-electron chi connectivity index (χ4n) is 5.65. The average molecular weight is 614 g/mol. The zero-order valence-electron chi connectivity index (χ0n) is 24.2. The monoisotopic (exact) mass is 613 g/mol. The molecule has 0 amide bonds. The van der Waals surface area contributed by atoms with Crippen LogP contribution < -0.4 is 11.1 Å². The smallest absolute Gasteiger partial charge is 0.236 e. The van der Waals surface area contributed by atoms with Crippen LogP contribution in [0.25, 0.3) is 39.5 Å². The van der Waals surface area contributed by atoms with Gasteiger partial charge in [0.15, 0.2) is 11.5 Å². The number of fused-ring (bicyclic) bond motifs is 1. The molecule has 1 aliphatic rings. The van der Waals surface area contributed by atoms with Crippen molar-refractivity contribution in [1.29, 1.82) is 5.26 Å². The van der Waals surface area contributed by atoms with E-state index in [1.165, 1.54) is 11.9 Å². The molecule has 0 atom stereocenters. The molecular formula is C33H28ClN11. The molecule has 11 nitrogen and oxygen atoms in total. The van der Waals surface area contributed by atoms with Gasteiger partial charge in [-0.25, -0.2) is 24.9 Å². The summed E-state index contributed by atoms with van der Waals surface area (Å²) in [5.41, 5.74) is 12.2. The van der Waals surface area contributed by atoms with Gasteiger partial charge >= 0.3 is 0 Å². The second-order valence-corrected chi connectivity index (χ2v) is 11.2. The summed E-state index contributed by atoms with van der Waals surface area (Å²) in [5.74, 6) is 1.63. The first-order valence-corrected chi connectivity index (χ1v) is 15.0. The van der Waals surface area contributed by atoms with Gasteiger partial charge in [0, 0.05) is 48.1 Å². The highest BCUT2D eigenvalue weighted by Gasteiger charge is 2.22. The number of nitriles is 1. The topological polar surface area (TPSA) is 147 Å². The highest BCUT2D eigenvalue weighted by Crippen LogP contribution is 2.33. The molecule has 12 heteroatoms. The quantitative estimate of drug-likeness (QED) is 0.236. The highest BCUT2D eigenvalue weighted by atomic mass is 35.5. The van der Waals surface area contributed by atoms with E-state index in [9.17, 15) is 0 Å². The van der Waals surface area contributed by atoms with Gasteiger partial charge in [0.1, 0.15) is 23.7 Å². The number of nitrogens with one attached hydrogen (secondary N) is 1. The molecule has 1 saturated heterocycles. The van der Waals surface area contributed by atoms with Crippen molar-refractivity contribution in [2.24, 2.45) is 0 Å². The van der Waals surface area contributed by atoms with E-state index in [1.807, 2.05) is 59.2 Å². The van der Waals surface area contributed by atoms with Crippen LogP contribution in [0.15, 0.2) is 85.3 Å². The van der Waals surface area contributed by atoms with Crippen LogP contribution in [0.1, 0.15) is 24.2 Å². The molecule has 6 aromatic rings. The van der Waals surface area contributed by atoms with E-state index < -0.39 is 0 Å². The Balaban J connectivity index is 1.14. The lowest BCUT2D eigenvalue weighted by molar-refractivity contribution is 0.211. The Morgan fingerprint density at radius 1 is 0.889 bits per heavy atom. The molecule has 3 N–H and O–H groups in total. The minimum Gasteiger partial charge on any atom is -0.383 e. The minimum absolute atomic E-state index is 0.116. The maximum absolute atomic E-state index is 9.04. The number of nitrogens with two attached hydrogens (primary N) is 1. The van der Waals surface area contributed by atoms with Gasteiger partial charge in [-0.3, -0.25) is 9.47 Å². The number of imidazole rings is 1. The van der Waals surface area contributed by atoms with Gasteiger partial charge in [-0.1, -0.05) is 41.9 Å². The number of hydrogen-bond donors (Lipinski definition) is 2. The lowest BCUT2D eigenvalue weighted by atomic mass is 10.0. The third-order valence-electron chi connectivity index (χ3n) is 7.93. The number of aromatic nitrogens is 7. The molecule has 0 spiro atoms. The van der Waals surface area contributed by atoms with Crippen LogP contribution in [0.5, 0.6) is 0 Å². The number of likely N-dealkylation sites (tertiary alicyclic amines) is 1. The molecule has 2 aromatic carbocycles. The lowest BCUT2D eigenvalue weighted by Crippen LogP contribution is -2.39. The van der Waals surface area contributed by atoms with Crippen molar-refractivity contribution in [2.75, 3.05) is 24.1 Å². The number of halogens is 1. The van der Waals surface area contributed by atoms with E-state index in [0.717, 1.165) is 60.5 Å². The van der Waals surface area contributed by atoms with E-state index in [0.29, 0.717) is 28.3 Å². The predicted octanol–water partition coefficient (Wildman–Crippen LogP) is 5.52. The van der Waals surface area contributed by atoms with Gasteiger partial charge < -0.3 is 11.1 Å². The Morgan fingerprint density at radius 3 is 2.47 bits per heavy atom. The second-order valence-electron chi connectivity index (χ2n) is 10.8. The molecule has 0 unspecified atom stereocenters. The van der Waals surface area contributed by atoms with E-state index in [2.05, 4.69) is 54.4 Å². The van der Waals surface area contributed by atoms with Crippen molar-refractivity contribution >= 4 is 34.5 Å². The first-order chi connectivity index (χ1) is 22.1. The molecule has 0 aliphatic carbocycles. The van der Waals surface area contributed by atoms with Gasteiger partial charge in [0.25, 0.3) is 0 Å². The van der Waals surface area contributed by atoms with Gasteiger partial charge in [-0.2, -0.15) is 10.2 Å². The van der Waals surface area contributed by atoms with Gasteiger partial charge in [0.05, 0.1) is 11.3 Å². The molecule has 7 rings (SSSR count). The van der Waals surface area contributed by atoms with Crippen LogP contribution in [0.4, 0.5) is 11.8 Å². The number of hydrogen-bond acceptors (Lipinski definition) is 10. The molecule has 4 aromatic heterocycles. The molecule has 5 heterocycles. The van der Waals surface area contributed by atoms with Crippen molar-refractivity contribution in [2.45, 2.75) is 25.4 Å². The number of nitrogens with zero attached hydrogens (tertiary/aromatic N) is 9. The first kappa shape index (κ1) is 28.3. The molecule has 0 radical (unpaired) electrons. The fourth-order valence-corrected chi connectivity index (χ4v) is 5.89. The largest absolute Gasteiger partial charge is 0.383 e. The second kappa shape index (κ2) is 12.3. The summed E-state index contributed by atoms with van der Waals surface area (Å²) < 4.78 is 2.03. The van der Waals surface area contributed by atoms with Crippen molar-refractivity contribution in [3.05, 3.63) is 102 Å². The number of pyridine rings is 2. The number of anilines is 2. The van der Waals surface area contributed by atoms with Crippen molar-refractivity contribution in [3.8, 4) is 34.4 Å². The SMILES string of the molecule is N#Cc1ncnc(NC2CCN(Cc3ccc(-n4c(-c5cccnc5N)nc5ccc(-c6ccccc6Cl)nc54)cc3)CC2)n1. The van der Waals surface area contributed by atoms with E-state index in [-0.39, 0.29) is 11.9 Å². The van der Waals surface area contributed by atoms with Crippen LogP contribution >= 0.6 is 11.6 Å². The summed E-state index contributed by atoms with van der Waals surface area (Å²) in [7, 11) is 0. The molecule has 1 fully saturated rings. The van der Waals surface area contributed by atoms with Crippen LogP contribution in [0.3, 0.4) is 0 Å². The van der Waals surface area contributed by atoms with E-state index in [1.54, 1.807) is 6.20 Å². The number of nitrogen functional groups attached to an aromatic ring is 1. The zero-order valence-corrected chi connectivity index (χ0v) is 24.9. The summed E-state index contributed by atoms with van der Waals surface area (Å²) in [6, 6.07) is 26.0. The van der Waals surface area contributed by atoms with Gasteiger partial charge in [-0.15, -0.1) is 0 Å². The summed E-state index contributed by atoms with van der Waals surface area (Å²) in [6.07, 6.45) is 4.93. The fraction of sp³-hybridized carbons (Fsp3) is 0.182. The summed E-state index contributed by atoms with van der Waals surface area (Å²) >= 11 is 6.53. The molecule has 0 bridgehead atoms. The Labute approximate surface area is 264 Å². The van der Waals surface area contributed by atoms with E-state index in [4.69, 9.17) is 32.6 Å². The molecule has 0 saturated carbocycles. The van der Waals surface area contributed by atoms with Gasteiger partial charge in [0.2, 0.25) is 11.8 Å². The van der Waals surface area contributed by atoms with Crippen LogP contribution in [-0.4, -0.2) is 58.5 Å². The van der Waals surface area contributed by atoms with Crippen LogP contribution in [0, 0.1) is 11.3 Å². The normalized spacial score (nSPS) is 14.0. The van der Waals surface area contributed by atoms with Crippen LogP contribution in [0.2, 0.25) is 5.02 Å². The third-order valence-corrected chi connectivity index (χ3v) is 8.26. The minimum atomic E-state index is 0.116. The number of piperidine rings is 1. The van der Waals surface area contributed by atoms with Crippen molar-refractivity contribution in [1.82, 2.24) is 39.4 Å². The molecule has 45 heavy (non-hydrogen) atoms. The summed E-state index contributed by atoms with van der Waals surface area (Å²) in [5, 5.41) is 13.0. The van der Waals surface area contributed by atoms with Gasteiger partial charge in [-0.05, 0) is 60.9 Å². The van der Waals surface area contributed by atoms with Crippen molar-refractivity contribution < 1.29 is 0 Å². The standard InChI is InChI=1S/C33H28ClN11/c34-26-6-2-1-4-24(26)27-11-12-28-32(41-27)45(31(42-28)25-5-3-15-37-30(25)36)23-9-7-21(8-10-23)19-44-16-13-22(14-17-44)40-33-39-20-38-29(18-35)43-33/h1-12,15,20,22H,13-14,16-17,19H2,(H2,36,37)(H,38,39,40,43). The zero-order chi connectivity index (χ0) is 30.8. The summed E-state index contributed by atoms with van der Waals surface area (Å²) in [6.45, 7) is 2.70. The van der Waals surface area contributed by atoms with Crippen molar-refractivity contribution in [3.63, 3.8) is 0 Å². The van der Waals surface area contributed by atoms with Crippen LogP contribution in [-0.2, 0) is 6.54 Å². The Hall–Kier alpha value is -5.44. The highest BCUT2D eigenvalue weighted by molar-refractivity contribution is 6.33.